The van der Waals surface area contributed by atoms with Crippen LogP contribution in [0, 0.1) is 11.6 Å². The molecule has 0 saturated carbocycles. The molecule has 1 aromatic carbocycles. The second-order valence-electron chi connectivity index (χ2n) is 5.80. The lowest BCUT2D eigenvalue weighted by Crippen LogP contribution is -2.33. The van der Waals surface area contributed by atoms with Crippen molar-refractivity contribution >= 4 is 41.4 Å². The number of nitrogens with zero attached hydrogens (tertiary/aromatic N) is 3. The first-order chi connectivity index (χ1) is 12.3. The molecular weight excluding hydrogens is 372 g/mol. The normalized spacial score (nSPS) is 19.6. The summed E-state index contributed by atoms with van der Waals surface area (Å²) in [7, 11) is 1.48. The van der Waals surface area contributed by atoms with Gasteiger partial charge in [0.05, 0.1) is 25.3 Å². The van der Waals surface area contributed by atoms with Gasteiger partial charge in [0.25, 0.3) is 5.24 Å². The van der Waals surface area contributed by atoms with Crippen LogP contribution in [-0.2, 0) is 9.47 Å². The molecule has 2 saturated heterocycles. The van der Waals surface area contributed by atoms with Gasteiger partial charge in [-0.25, -0.2) is 18.4 Å². The van der Waals surface area contributed by atoms with Crippen molar-refractivity contribution in [3.8, 4) is 0 Å². The van der Waals surface area contributed by atoms with Crippen molar-refractivity contribution in [3.63, 3.8) is 0 Å². The molecule has 0 aromatic heterocycles. The standard InChI is InChI=1S/C15H15F2N3O5S/c1-18(15(23)26)6-9-7-20(14(22)25-9)8-4-10(16)12(11(17)5-8)19-2-3-24-13(19)21/h4-5,9H,2-3,6-7H2,1H3,(H,23,26)/t9-/m1/s1. The highest BCUT2D eigenvalue weighted by Crippen LogP contribution is 2.32. The van der Waals surface area contributed by atoms with Crippen LogP contribution in [0.4, 0.5) is 34.5 Å². The summed E-state index contributed by atoms with van der Waals surface area (Å²) >= 11 is 3.66. The molecule has 3 amide bonds. The number of cyclic esters (lactones) is 2. The molecule has 8 nitrogen and oxygen atoms in total. The van der Waals surface area contributed by atoms with Crippen LogP contribution in [0.15, 0.2) is 12.1 Å². The van der Waals surface area contributed by atoms with Gasteiger partial charge < -0.3 is 14.4 Å². The molecule has 2 aliphatic rings. The molecule has 2 heterocycles. The first-order valence-corrected chi connectivity index (χ1v) is 8.08. The van der Waals surface area contributed by atoms with Crippen molar-refractivity contribution in [2.45, 2.75) is 6.10 Å². The highest BCUT2D eigenvalue weighted by atomic mass is 32.1. The average molecular weight is 387 g/mol. The van der Waals surface area contributed by atoms with Crippen molar-refractivity contribution in [3.05, 3.63) is 23.8 Å². The summed E-state index contributed by atoms with van der Waals surface area (Å²) in [5.74, 6) is -2.00. The second-order valence-corrected chi connectivity index (χ2v) is 6.19. The zero-order valence-corrected chi connectivity index (χ0v) is 14.5. The largest absolute Gasteiger partial charge is 0.447 e. The minimum absolute atomic E-state index is 0.00815. The number of hydrogen-bond acceptors (Lipinski definition) is 5. The van der Waals surface area contributed by atoms with Gasteiger partial charge in [0.15, 0.2) is 11.6 Å². The Balaban J connectivity index is 1.80. The molecule has 2 fully saturated rings. The first-order valence-electron chi connectivity index (χ1n) is 7.63. The summed E-state index contributed by atoms with van der Waals surface area (Å²) in [4.78, 5) is 37.8. The topological polar surface area (TPSA) is 79.4 Å². The van der Waals surface area contributed by atoms with Gasteiger partial charge in [-0.2, -0.15) is 0 Å². The number of carbonyl (C=O) groups excluding carboxylic acids is 3. The number of rotatable bonds is 4. The van der Waals surface area contributed by atoms with Gasteiger partial charge in [-0.15, -0.1) is 0 Å². The SMILES string of the molecule is CN(C[C@@H]1CN(c2cc(F)c(N3CCOC3=O)c(F)c2)C(=O)O1)C(=O)S. The van der Waals surface area contributed by atoms with E-state index in [1.165, 1.54) is 11.9 Å². The Morgan fingerprint density at radius 1 is 1.27 bits per heavy atom. The molecule has 140 valence electrons. The number of likely N-dealkylation sites (N-methyl/N-ethyl adjacent to an activating group) is 1. The number of hydrogen-bond donors (Lipinski definition) is 1. The Morgan fingerprint density at radius 3 is 2.46 bits per heavy atom. The van der Waals surface area contributed by atoms with Crippen LogP contribution < -0.4 is 9.80 Å². The average Bonchev–Trinajstić information content (AvgIpc) is 3.12. The molecule has 1 aromatic rings. The summed E-state index contributed by atoms with van der Waals surface area (Å²) in [6.07, 6.45) is -2.29. The van der Waals surface area contributed by atoms with E-state index in [2.05, 4.69) is 17.4 Å². The fraction of sp³-hybridized carbons (Fsp3) is 0.400. The molecule has 0 N–H and O–H groups in total. The van der Waals surface area contributed by atoms with Gasteiger partial charge in [-0.3, -0.25) is 14.6 Å². The maximum Gasteiger partial charge on any atom is 0.414 e. The van der Waals surface area contributed by atoms with Crippen LogP contribution in [0.25, 0.3) is 0 Å². The first kappa shape index (κ1) is 18.2. The summed E-state index contributed by atoms with van der Waals surface area (Å²) in [5, 5.41) is -0.501. The molecule has 0 spiro atoms. The van der Waals surface area contributed by atoms with Crippen molar-refractivity contribution < 1.29 is 32.6 Å². The van der Waals surface area contributed by atoms with E-state index >= 15 is 0 Å². The molecule has 3 rings (SSSR count). The van der Waals surface area contributed by atoms with E-state index in [1.54, 1.807) is 0 Å². The molecule has 0 aliphatic carbocycles. The number of amides is 3. The van der Waals surface area contributed by atoms with Crippen LogP contribution in [0.2, 0.25) is 0 Å². The maximum absolute atomic E-state index is 14.4. The third-order valence-corrected chi connectivity index (χ3v) is 4.36. The third kappa shape index (κ3) is 3.39. The maximum atomic E-state index is 14.4. The second kappa shape index (κ2) is 6.98. The van der Waals surface area contributed by atoms with Crippen molar-refractivity contribution in [2.75, 3.05) is 43.1 Å². The molecular formula is C15H15F2N3O5S. The van der Waals surface area contributed by atoms with Gasteiger partial charge in [0.1, 0.15) is 18.4 Å². The van der Waals surface area contributed by atoms with Crippen LogP contribution in [0.1, 0.15) is 0 Å². The van der Waals surface area contributed by atoms with Gasteiger partial charge in [-0.1, -0.05) is 12.6 Å². The lowest BCUT2D eigenvalue weighted by molar-refractivity contribution is 0.124. The van der Waals surface area contributed by atoms with E-state index in [-0.39, 0.29) is 31.9 Å². The van der Waals surface area contributed by atoms with E-state index in [9.17, 15) is 23.2 Å². The van der Waals surface area contributed by atoms with E-state index in [0.717, 1.165) is 21.9 Å². The number of thiol groups is 1. The summed E-state index contributed by atoms with van der Waals surface area (Å²) in [5.41, 5.74) is -0.579. The number of benzene rings is 1. The molecule has 26 heavy (non-hydrogen) atoms. The van der Waals surface area contributed by atoms with Crippen molar-refractivity contribution in [1.29, 1.82) is 0 Å². The lowest BCUT2D eigenvalue weighted by Gasteiger charge is -2.19. The number of anilines is 2. The quantitative estimate of drug-likeness (QED) is 0.802. The Hall–Kier alpha value is -2.56. The van der Waals surface area contributed by atoms with Gasteiger partial charge in [0.2, 0.25) is 0 Å². The van der Waals surface area contributed by atoms with Crippen LogP contribution in [0.5, 0.6) is 0 Å². The highest BCUT2D eigenvalue weighted by Gasteiger charge is 2.35. The van der Waals surface area contributed by atoms with Gasteiger partial charge in [0, 0.05) is 19.2 Å². The van der Waals surface area contributed by atoms with Crippen molar-refractivity contribution in [2.24, 2.45) is 0 Å². The summed E-state index contributed by atoms with van der Waals surface area (Å²) in [6.45, 7) is 0.169. The number of ether oxygens (including phenoxy) is 2. The molecule has 0 radical (unpaired) electrons. The minimum Gasteiger partial charge on any atom is -0.447 e. The summed E-state index contributed by atoms with van der Waals surface area (Å²) < 4.78 is 38.6. The van der Waals surface area contributed by atoms with Gasteiger partial charge >= 0.3 is 12.2 Å². The third-order valence-electron chi connectivity index (χ3n) is 4.02. The molecule has 0 unspecified atom stereocenters. The molecule has 0 bridgehead atoms. The molecule has 11 heteroatoms. The lowest BCUT2D eigenvalue weighted by atomic mass is 10.2. The van der Waals surface area contributed by atoms with Gasteiger partial charge in [-0.05, 0) is 0 Å². The number of halogens is 2. The van der Waals surface area contributed by atoms with E-state index in [1.807, 2.05) is 0 Å². The monoisotopic (exact) mass is 387 g/mol. The zero-order valence-electron chi connectivity index (χ0n) is 13.6. The Labute approximate surface area is 152 Å². The smallest absolute Gasteiger partial charge is 0.414 e. The van der Waals surface area contributed by atoms with E-state index in [0.29, 0.717) is 0 Å². The predicted octanol–water partition coefficient (Wildman–Crippen LogP) is 2.23. The molecule has 2 aliphatic heterocycles. The fourth-order valence-electron chi connectivity index (χ4n) is 2.77. The Bertz CT molecular complexity index is 755. The van der Waals surface area contributed by atoms with E-state index in [4.69, 9.17) is 4.74 Å². The zero-order chi connectivity index (χ0) is 19.0. The van der Waals surface area contributed by atoms with Crippen molar-refractivity contribution in [1.82, 2.24) is 4.90 Å². The van der Waals surface area contributed by atoms with Crippen LogP contribution in [-0.4, -0.2) is 61.7 Å². The fourth-order valence-corrected chi connectivity index (χ4v) is 2.86. The number of carbonyl (C=O) groups is 3. The minimum atomic E-state index is -1.00. The Kier molecular flexibility index (Phi) is 4.90. The van der Waals surface area contributed by atoms with Crippen LogP contribution >= 0.6 is 12.6 Å². The Morgan fingerprint density at radius 2 is 1.92 bits per heavy atom. The summed E-state index contributed by atoms with van der Waals surface area (Å²) in [6, 6.07) is 1.89. The highest BCUT2D eigenvalue weighted by molar-refractivity contribution is 7.96. The molecule has 1 atom stereocenters. The predicted molar refractivity (Wildman–Crippen MR) is 89.7 cm³/mol. The van der Waals surface area contributed by atoms with E-state index < -0.39 is 40.9 Å². The van der Waals surface area contributed by atoms with Crippen LogP contribution in [0.3, 0.4) is 0 Å².